The number of carbonyl (C=O) groups excluding carboxylic acids is 1. The lowest BCUT2D eigenvalue weighted by Gasteiger charge is -2.29. The number of amides is 1. The summed E-state index contributed by atoms with van der Waals surface area (Å²) in [6.45, 7) is 1.94. The van der Waals surface area contributed by atoms with Crippen molar-refractivity contribution in [3.8, 4) is 0 Å². The van der Waals surface area contributed by atoms with Crippen molar-refractivity contribution in [2.45, 2.75) is 35.5 Å². The van der Waals surface area contributed by atoms with Gasteiger partial charge in [-0.25, -0.2) is 8.42 Å². The third-order valence-electron chi connectivity index (χ3n) is 5.51. The van der Waals surface area contributed by atoms with E-state index in [2.05, 4.69) is 5.32 Å². The van der Waals surface area contributed by atoms with Gasteiger partial charge in [0.15, 0.2) is 0 Å². The number of nitrogens with zero attached hydrogens (tertiary/aromatic N) is 2. The van der Waals surface area contributed by atoms with Crippen molar-refractivity contribution in [2.75, 3.05) is 42.1 Å². The molecule has 0 spiro atoms. The van der Waals surface area contributed by atoms with Crippen LogP contribution in [0.3, 0.4) is 0 Å². The van der Waals surface area contributed by atoms with Gasteiger partial charge in [0.2, 0.25) is 15.9 Å². The number of anilines is 2. The van der Waals surface area contributed by atoms with Crippen molar-refractivity contribution in [2.24, 2.45) is 0 Å². The van der Waals surface area contributed by atoms with Crippen LogP contribution in [0.2, 0.25) is 0 Å². The minimum Gasteiger partial charge on any atom is -0.376 e. The third kappa shape index (κ3) is 4.66. The van der Waals surface area contributed by atoms with Gasteiger partial charge in [-0.2, -0.15) is 4.31 Å². The van der Waals surface area contributed by atoms with Crippen LogP contribution in [0, 0.1) is 0 Å². The molecule has 0 unspecified atom stereocenters. The highest BCUT2D eigenvalue weighted by atomic mass is 32.2. The summed E-state index contributed by atoms with van der Waals surface area (Å²) in [7, 11) is -3.51. The van der Waals surface area contributed by atoms with Gasteiger partial charge in [-0.05, 0) is 43.2 Å². The van der Waals surface area contributed by atoms with Crippen molar-refractivity contribution in [1.29, 1.82) is 0 Å². The van der Waals surface area contributed by atoms with Crippen LogP contribution in [-0.2, 0) is 14.8 Å². The molecule has 8 heteroatoms. The molecule has 2 aliphatic heterocycles. The van der Waals surface area contributed by atoms with Gasteiger partial charge in [-0.3, -0.25) is 4.79 Å². The number of hydrogen-bond acceptors (Lipinski definition) is 5. The molecule has 0 aliphatic carbocycles. The van der Waals surface area contributed by atoms with Gasteiger partial charge in [0.05, 0.1) is 17.1 Å². The molecule has 0 bridgehead atoms. The summed E-state index contributed by atoms with van der Waals surface area (Å²) in [5, 5.41) is 3.12. The highest BCUT2D eigenvalue weighted by Crippen LogP contribution is 2.34. The Morgan fingerprint density at radius 1 is 0.967 bits per heavy atom. The van der Waals surface area contributed by atoms with E-state index in [1.807, 2.05) is 24.3 Å². The molecule has 1 fully saturated rings. The molecular formula is C22H27N3O3S2. The standard InChI is InChI=1S/C22H27N3O3S2/c26-22(25-14-15-29-21-11-4-3-10-20(21)25)17-23-18-8-7-9-19(16-18)30(27,28)24-12-5-1-2-6-13-24/h3-4,7-11,16,23H,1-2,5-6,12-15,17H2. The molecule has 0 aromatic heterocycles. The van der Waals surface area contributed by atoms with Crippen LogP contribution in [0.1, 0.15) is 25.7 Å². The zero-order valence-corrected chi connectivity index (χ0v) is 18.6. The van der Waals surface area contributed by atoms with Crippen LogP contribution in [0.15, 0.2) is 58.3 Å². The zero-order valence-electron chi connectivity index (χ0n) is 16.9. The number of benzene rings is 2. The third-order valence-corrected chi connectivity index (χ3v) is 8.45. The summed E-state index contributed by atoms with van der Waals surface area (Å²) in [5.41, 5.74) is 1.58. The average Bonchev–Trinajstić information content (AvgIpc) is 3.07. The largest absolute Gasteiger partial charge is 0.376 e. The number of nitrogens with one attached hydrogen (secondary N) is 1. The van der Waals surface area contributed by atoms with Gasteiger partial charge in [0, 0.05) is 36.0 Å². The fourth-order valence-electron chi connectivity index (χ4n) is 3.90. The molecule has 0 saturated carbocycles. The molecule has 2 aromatic rings. The maximum atomic E-state index is 13.0. The molecule has 2 aromatic carbocycles. The molecule has 0 atom stereocenters. The SMILES string of the molecule is O=C(CNc1cccc(S(=O)(=O)N2CCCCCC2)c1)N1CCSc2ccccc21. The van der Waals surface area contributed by atoms with Crippen LogP contribution in [0.5, 0.6) is 0 Å². The fraction of sp³-hybridized carbons (Fsp3) is 0.409. The molecule has 1 amide bonds. The Kier molecular flexibility index (Phi) is 6.65. The van der Waals surface area contributed by atoms with Crippen LogP contribution in [-0.4, -0.2) is 50.6 Å². The summed E-state index contributed by atoms with van der Waals surface area (Å²) in [4.78, 5) is 16.0. The Bertz CT molecular complexity index is 1000. The first-order chi connectivity index (χ1) is 14.6. The first-order valence-electron chi connectivity index (χ1n) is 10.4. The van der Waals surface area contributed by atoms with Gasteiger partial charge in [0.25, 0.3) is 0 Å². The Balaban J connectivity index is 1.44. The molecular weight excluding hydrogens is 418 g/mol. The van der Waals surface area contributed by atoms with E-state index in [1.54, 1.807) is 45.2 Å². The summed E-state index contributed by atoms with van der Waals surface area (Å²) in [6.07, 6.45) is 3.96. The van der Waals surface area contributed by atoms with Crippen molar-refractivity contribution >= 4 is 39.1 Å². The van der Waals surface area contributed by atoms with Crippen molar-refractivity contribution < 1.29 is 13.2 Å². The van der Waals surface area contributed by atoms with E-state index in [0.29, 0.717) is 25.3 Å². The maximum Gasteiger partial charge on any atom is 0.246 e. The summed E-state index contributed by atoms with van der Waals surface area (Å²) < 4.78 is 27.7. The molecule has 6 nitrogen and oxygen atoms in total. The maximum absolute atomic E-state index is 13.0. The Labute approximate surface area is 182 Å². The Hall–Kier alpha value is -2.03. The van der Waals surface area contributed by atoms with Crippen LogP contribution in [0.25, 0.3) is 0 Å². The lowest BCUT2D eigenvalue weighted by atomic mass is 10.2. The van der Waals surface area contributed by atoms with Crippen LogP contribution >= 0.6 is 11.8 Å². The van der Waals surface area contributed by atoms with Crippen molar-refractivity contribution in [1.82, 2.24) is 4.31 Å². The summed E-state index contributed by atoms with van der Waals surface area (Å²) in [5.74, 6) is 0.843. The predicted octanol–water partition coefficient (Wildman–Crippen LogP) is 3.80. The second-order valence-corrected chi connectivity index (χ2v) is 10.6. The smallest absolute Gasteiger partial charge is 0.246 e. The molecule has 160 valence electrons. The molecule has 4 rings (SSSR count). The quantitative estimate of drug-likeness (QED) is 0.758. The van der Waals surface area contributed by atoms with E-state index in [0.717, 1.165) is 42.0 Å². The zero-order chi connectivity index (χ0) is 21.0. The lowest BCUT2D eigenvalue weighted by molar-refractivity contribution is -0.117. The van der Waals surface area contributed by atoms with E-state index in [1.165, 1.54) is 0 Å². The fourth-order valence-corrected chi connectivity index (χ4v) is 6.46. The summed E-state index contributed by atoms with van der Waals surface area (Å²) in [6, 6.07) is 14.7. The van der Waals surface area contributed by atoms with E-state index in [-0.39, 0.29) is 17.3 Å². The number of fused-ring (bicyclic) bond motifs is 1. The van der Waals surface area contributed by atoms with Crippen LogP contribution < -0.4 is 10.2 Å². The predicted molar refractivity (Wildman–Crippen MR) is 122 cm³/mol. The second-order valence-electron chi connectivity index (χ2n) is 7.56. The Morgan fingerprint density at radius 3 is 2.53 bits per heavy atom. The van der Waals surface area contributed by atoms with Gasteiger partial charge >= 0.3 is 0 Å². The highest BCUT2D eigenvalue weighted by molar-refractivity contribution is 7.99. The van der Waals surface area contributed by atoms with Crippen molar-refractivity contribution in [3.05, 3.63) is 48.5 Å². The minimum atomic E-state index is -3.51. The lowest BCUT2D eigenvalue weighted by Crippen LogP contribution is -2.39. The summed E-state index contributed by atoms with van der Waals surface area (Å²) >= 11 is 1.76. The first kappa shape index (κ1) is 21.2. The number of carbonyl (C=O) groups is 1. The van der Waals surface area contributed by atoms with Gasteiger partial charge < -0.3 is 10.2 Å². The number of hydrogen-bond donors (Lipinski definition) is 1. The molecule has 1 N–H and O–H groups in total. The van der Waals surface area contributed by atoms with E-state index in [4.69, 9.17) is 0 Å². The monoisotopic (exact) mass is 445 g/mol. The molecule has 2 aliphatic rings. The second kappa shape index (κ2) is 9.41. The number of para-hydroxylation sites is 1. The average molecular weight is 446 g/mol. The topological polar surface area (TPSA) is 69.7 Å². The van der Waals surface area contributed by atoms with Gasteiger partial charge in [-0.15, -0.1) is 11.8 Å². The number of thioether (sulfide) groups is 1. The number of rotatable bonds is 5. The van der Waals surface area contributed by atoms with E-state index in [9.17, 15) is 13.2 Å². The molecule has 1 saturated heterocycles. The van der Waals surface area contributed by atoms with Crippen molar-refractivity contribution in [3.63, 3.8) is 0 Å². The Morgan fingerprint density at radius 2 is 1.73 bits per heavy atom. The van der Waals surface area contributed by atoms with E-state index >= 15 is 0 Å². The van der Waals surface area contributed by atoms with Crippen LogP contribution in [0.4, 0.5) is 11.4 Å². The van der Waals surface area contributed by atoms with Gasteiger partial charge in [0.1, 0.15) is 0 Å². The number of sulfonamides is 1. The highest BCUT2D eigenvalue weighted by Gasteiger charge is 2.26. The molecule has 2 heterocycles. The first-order valence-corrected chi connectivity index (χ1v) is 12.8. The van der Waals surface area contributed by atoms with E-state index < -0.39 is 10.0 Å². The minimum absolute atomic E-state index is 0.0245. The normalized spacial score (nSPS) is 17.8. The van der Waals surface area contributed by atoms with Gasteiger partial charge in [-0.1, -0.05) is 31.0 Å². The molecule has 30 heavy (non-hydrogen) atoms. The molecule has 0 radical (unpaired) electrons.